The molecule has 0 aliphatic carbocycles. The Kier molecular flexibility index (Phi) is 5.88. The van der Waals surface area contributed by atoms with E-state index in [4.69, 9.17) is 16.3 Å². The predicted molar refractivity (Wildman–Crippen MR) is 82.1 cm³/mol. The van der Waals surface area contributed by atoms with E-state index in [-0.39, 0.29) is 0 Å². The first-order valence-corrected chi connectivity index (χ1v) is 7.67. The summed E-state index contributed by atoms with van der Waals surface area (Å²) >= 11 is 9.67. The second-order valence-electron chi connectivity index (χ2n) is 4.65. The molecule has 1 fully saturated rings. The summed E-state index contributed by atoms with van der Waals surface area (Å²) in [5, 5.41) is 4.12. The molecule has 2 rings (SSSR count). The number of rotatable bonds is 6. The first kappa shape index (κ1) is 15.0. The number of nitrogens with one attached hydrogen (secondary N) is 1. The van der Waals surface area contributed by atoms with Crippen LogP contribution >= 0.6 is 27.5 Å². The Morgan fingerprint density at radius 1 is 1.63 bits per heavy atom. The van der Waals surface area contributed by atoms with Gasteiger partial charge in [-0.2, -0.15) is 0 Å². The van der Waals surface area contributed by atoms with Crippen molar-refractivity contribution in [3.63, 3.8) is 0 Å². The van der Waals surface area contributed by atoms with Crippen LogP contribution in [-0.2, 0) is 4.74 Å². The number of aromatic nitrogens is 1. The van der Waals surface area contributed by atoms with Crippen molar-refractivity contribution in [1.29, 1.82) is 0 Å². The van der Waals surface area contributed by atoms with Gasteiger partial charge in [-0.3, -0.25) is 0 Å². The monoisotopic (exact) mass is 347 g/mol. The molecule has 0 amide bonds. The molecule has 2 heterocycles. The minimum absolute atomic E-state index is 0.461. The molecule has 0 bridgehead atoms. The van der Waals surface area contributed by atoms with Gasteiger partial charge in [0.15, 0.2) is 0 Å². The van der Waals surface area contributed by atoms with Gasteiger partial charge in [0.1, 0.15) is 5.82 Å². The Bertz CT molecular complexity index is 419. The Labute approximate surface area is 127 Å². The van der Waals surface area contributed by atoms with Crippen LogP contribution in [0, 0.1) is 0 Å². The molecule has 0 aromatic carbocycles. The second kappa shape index (κ2) is 7.43. The number of halogens is 2. The van der Waals surface area contributed by atoms with E-state index in [1.54, 1.807) is 13.3 Å². The predicted octanol–water partition coefficient (Wildman–Crippen LogP) is 2.70. The molecule has 0 radical (unpaired) electrons. The van der Waals surface area contributed by atoms with Crippen molar-refractivity contribution < 1.29 is 4.74 Å². The van der Waals surface area contributed by atoms with Crippen molar-refractivity contribution >= 4 is 33.3 Å². The zero-order chi connectivity index (χ0) is 13.7. The number of anilines is 1. The van der Waals surface area contributed by atoms with Crippen LogP contribution in [0.3, 0.4) is 0 Å². The third kappa shape index (κ3) is 4.05. The average molecular weight is 349 g/mol. The lowest BCUT2D eigenvalue weighted by molar-refractivity contribution is 0.199. The van der Waals surface area contributed by atoms with Crippen molar-refractivity contribution in [3.05, 3.63) is 21.8 Å². The Morgan fingerprint density at radius 2 is 2.47 bits per heavy atom. The van der Waals surface area contributed by atoms with Gasteiger partial charge in [-0.25, -0.2) is 4.98 Å². The summed E-state index contributed by atoms with van der Waals surface area (Å²) < 4.78 is 5.95. The zero-order valence-corrected chi connectivity index (χ0v) is 13.4. The molecular formula is C13H19BrClN3O. The van der Waals surface area contributed by atoms with E-state index in [0.29, 0.717) is 11.1 Å². The van der Waals surface area contributed by atoms with E-state index >= 15 is 0 Å². The molecule has 6 heteroatoms. The molecule has 4 nitrogen and oxygen atoms in total. The van der Waals surface area contributed by atoms with Gasteiger partial charge in [0.25, 0.3) is 0 Å². The van der Waals surface area contributed by atoms with Crippen molar-refractivity contribution in [2.24, 2.45) is 0 Å². The molecule has 106 valence electrons. The summed E-state index contributed by atoms with van der Waals surface area (Å²) in [7, 11) is 1.72. The molecule has 1 saturated heterocycles. The summed E-state index contributed by atoms with van der Waals surface area (Å²) in [6.45, 7) is 3.58. The highest BCUT2D eigenvalue weighted by Gasteiger charge is 2.26. The summed E-state index contributed by atoms with van der Waals surface area (Å²) in [6, 6.07) is 2.36. The van der Waals surface area contributed by atoms with Gasteiger partial charge in [-0.15, -0.1) is 0 Å². The van der Waals surface area contributed by atoms with Crippen LogP contribution in [0.2, 0.25) is 5.02 Å². The van der Waals surface area contributed by atoms with Crippen molar-refractivity contribution in [3.8, 4) is 0 Å². The zero-order valence-electron chi connectivity index (χ0n) is 11.0. The van der Waals surface area contributed by atoms with E-state index in [0.717, 1.165) is 36.5 Å². The Morgan fingerprint density at radius 3 is 3.21 bits per heavy atom. The maximum Gasteiger partial charge on any atom is 0.147 e. The molecule has 1 aliphatic heterocycles. The first-order chi connectivity index (χ1) is 9.22. The number of hydrogen-bond donors (Lipinski definition) is 1. The average Bonchev–Trinajstić information content (AvgIpc) is 2.83. The van der Waals surface area contributed by atoms with E-state index < -0.39 is 0 Å². The van der Waals surface area contributed by atoms with Crippen molar-refractivity contribution in [2.45, 2.75) is 18.9 Å². The van der Waals surface area contributed by atoms with Crippen molar-refractivity contribution in [1.82, 2.24) is 10.3 Å². The number of nitrogens with zero attached hydrogens (tertiary/aromatic N) is 2. The van der Waals surface area contributed by atoms with Gasteiger partial charge < -0.3 is 15.0 Å². The summed E-state index contributed by atoms with van der Waals surface area (Å²) in [5.41, 5.74) is 0. The molecule has 1 aromatic heterocycles. The van der Waals surface area contributed by atoms with Crippen LogP contribution < -0.4 is 10.2 Å². The number of hydrogen-bond acceptors (Lipinski definition) is 4. The standard InChI is InChI=1S/C13H19BrClN3O/c1-19-6-4-16-9-11-3-2-5-18(11)13-12(15)7-10(14)8-17-13/h7-8,11,16H,2-6,9H2,1H3. The first-order valence-electron chi connectivity index (χ1n) is 6.49. The van der Waals surface area contributed by atoms with Gasteiger partial charge >= 0.3 is 0 Å². The number of pyridine rings is 1. The minimum Gasteiger partial charge on any atom is -0.383 e. The van der Waals surface area contributed by atoms with Gasteiger partial charge in [-0.05, 0) is 34.8 Å². The van der Waals surface area contributed by atoms with E-state index in [1.165, 1.54) is 12.8 Å². The van der Waals surface area contributed by atoms with E-state index in [2.05, 4.69) is 31.1 Å². The van der Waals surface area contributed by atoms with Gasteiger partial charge in [0.2, 0.25) is 0 Å². The van der Waals surface area contributed by atoms with Crippen LogP contribution in [0.25, 0.3) is 0 Å². The van der Waals surface area contributed by atoms with Crippen molar-refractivity contribution in [2.75, 3.05) is 38.3 Å². The van der Waals surface area contributed by atoms with Crippen LogP contribution in [-0.4, -0.2) is 44.4 Å². The molecular weight excluding hydrogens is 330 g/mol. The fourth-order valence-corrected chi connectivity index (χ4v) is 3.13. The van der Waals surface area contributed by atoms with Crippen LogP contribution in [0.1, 0.15) is 12.8 Å². The highest BCUT2D eigenvalue weighted by atomic mass is 79.9. The lowest BCUT2D eigenvalue weighted by Crippen LogP contribution is -2.39. The van der Waals surface area contributed by atoms with E-state index in [9.17, 15) is 0 Å². The normalized spacial score (nSPS) is 19.1. The lowest BCUT2D eigenvalue weighted by atomic mass is 10.2. The van der Waals surface area contributed by atoms with Crippen LogP contribution in [0.5, 0.6) is 0 Å². The molecule has 1 aromatic rings. The second-order valence-corrected chi connectivity index (χ2v) is 5.97. The summed E-state index contributed by atoms with van der Waals surface area (Å²) in [4.78, 5) is 6.75. The minimum atomic E-state index is 0.461. The topological polar surface area (TPSA) is 37.4 Å². The molecule has 1 atom stereocenters. The molecule has 1 N–H and O–H groups in total. The smallest absolute Gasteiger partial charge is 0.147 e. The highest BCUT2D eigenvalue weighted by Crippen LogP contribution is 2.31. The third-order valence-corrected chi connectivity index (χ3v) is 4.01. The van der Waals surface area contributed by atoms with Crippen LogP contribution in [0.4, 0.5) is 5.82 Å². The largest absolute Gasteiger partial charge is 0.383 e. The Balaban J connectivity index is 1.97. The van der Waals surface area contributed by atoms with Gasteiger partial charge in [0.05, 0.1) is 11.6 Å². The number of ether oxygens (including phenoxy) is 1. The number of methoxy groups -OCH3 is 1. The molecule has 0 saturated carbocycles. The summed E-state index contributed by atoms with van der Waals surface area (Å²) in [6.07, 6.45) is 4.16. The molecule has 19 heavy (non-hydrogen) atoms. The Hall–Kier alpha value is -0.360. The molecule has 1 unspecified atom stereocenters. The molecule has 0 spiro atoms. The summed E-state index contributed by atoms with van der Waals surface area (Å²) in [5.74, 6) is 0.890. The lowest BCUT2D eigenvalue weighted by Gasteiger charge is -2.26. The maximum atomic E-state index is 6.28. The fraction of sp³-hybridized carbons (Fsp3) is 0.615. The highest BCUT2D eigenvalue weighted by molar-refractivity contribution is 9.10. The quantitative estimate of drug-likeness (QED) is 0.802. The molecule has 1 aliphatic rings. The SMILES string of the molecule is COCCNCC1CCCN1c1ncc(Br)cc1Cl. The van der Waals surface area contributed by atoms with Gasteiger partial charge in [0, 0.05) is 43.5 Å². The fourth-order valence-electron chi connectivity index (χ4n) is 2.39. The van der Waals surface area contributed by atoms with E-state index in [1.807, 2.05) is 6.07 Å². The van der Waals surface area contributed by atoms with Crippen LogP contribution in [0.15, 0.2) is 16.7 Å². The maximum absolute atomic E-state index is 6.28. The van der Waals surface area contributed by atoms with Gasteiger partial charge in [-0.1, -0.05) is 11.6 Å². The third-order valence-electron chi connectivity index (χ3n) is 3.30.